The van der Waals surface area contributed by atoms with Crippen LogP contribution in [0.15, 0.2) is 55.2 Å². The summed E-state index contributed by atoms with van der Waals surface area (Å²) in [4.78, 5) is 21.0. The second kappa shape index (κ2) is 8.57. The summed E-state index contributed by atoms with van der Waals surface area (Å²) in [5.74, 6) is 0. The summed E-state index contributed by atoms with van der Waals surface area (Å²) in [5.41, 5.74) is 6.06. The van der Waals surface area contributed by atoms with Crippen LogP contribution in [0.1, 0.15) is 24.3 Å². The highest BCUT2D eigenvalue weighted by molar-refractivity contribution is 5.76. The molecule has 1 fully saturated rings. The van der Waals surface area contributed by atoms with Gasteiger partial charge in [0.05, 0.1) is 29.3 Å². The van der Waals surface area contributed by atoms with Crippen molar-refractivity contribution in [3.63, 3.8) is 0 Å². The monoisotopic (exact) mass is 445 g/mol. The summed E-state index contributed by atoms with van der Waals surface area (Å²) < 4.78 is 9.34. The van der Waals surface area contributed by atoms with Gasteiger partial charge in [0.2, 0.25) is 0 Å². The van der Waals surface area contributed by atoms with E-state index in [0.717, 1.165) is 46.7 Å². The second-order valence-corrected chi connectivity index (χ2v) is 8.44. The average Bonchev–Trinajstić information content (AvgIpc) is 3.45. The smallest absolute Gasteiger partial charge is 0.410 e. The van der Waals surface area contributed by atoms with Gasteiger partial charge < -0.3 is 14.5 Å². The van der Waals surface area contributed by atoms with Crippen molar-refractivity contribution in [2.75, 3.05) is 31.1 Å². The van der Waals surface area contributed by atoms with Gasteiger partial charge >= 0.3 is 6.09 Å². The largest absolute Gasteiger partial charge is 0.440 e. The predicted molar refractivity (Wildman–Crippen MR) is 125 cm³/mol. The Bertz CT molecular complexity index is 1270. The zero-order chi connectivity index (χ0) is 22.9. The van der Waals surface area contributed by atoms with E-state index in [1.807, 2.05) is 62.3 Å². The number of rotatable bonds is 4. The van der Waals surface area contributed by atoms with Gasteiger partial charge in [-0.1, -0.05) is 12.1 Å². The minimum Gasteiger partial charge on any atom is -0.440 e. The first-order valence-electron chi connectivity index (χ1n) is 11.1. The van der Waals surface area contributed by atoms with E-state index in [1.54, 1.807) is 15.8 Å². The molecule has 9 nitrogen and oxygen atoms in total. The Balaban J connectivity index is 1.22. The van der Waals surface area contributed by atoms with Crippen molar-refractivity contribution >= 4 is 17.3 Å². The lowest BCUT2D eigenvalue weighted by Gasteiger charge is -2.35. The van der Waals surface area contributed by atoms with Crippen LogP contribution in [0, 0.1) is 6.92 Å². The van der Waals surface area contributed by atoms with Gasteiger partial charge in [-0.3, -0.25) is 9.67 Å². The highest BCUT2D eigenvalue weighted by Gasteiger charge is 2.25. The molecule has 170 valence electrons. The molecule has 4 aromatic heterocycles. The lowest BCUT2D eigenvalue weighted by molar-refractivity contribution is 0.0664. The van der Waals surface area contributed by atoms with E-state index in [9.17, 15) is 4.79 Å². The zero-order valence-corrected chi connectivity index (χ0v) is 19.0. The number of amides is 1. The summed E-state index contributed by atoms with van der Waals surface area (Å²) in [6.07, 6.45) is 8.84. The Morgan fingerprint density at radius 3 is 2.48 bits per heavy atom. The van der Waals surface area contributed by atoms with Gasteiger partial charge in [-0.05, 0) is 31.5 Å². The SMILES string of the molecule is Cc1ccc([C@@H](C)OC(=O)N2CCN(c3cnn4cc(-c5cnn(C)c5)ccc34)CC2)nc1. The molecule has 0 unspecified atom stereocenters. The van der Waals surface area contributed by atoms with Crippen LogP contribution >= 0.6 is 0 Å². The Hall–Kier alpha value is -3.88. The predicted octanol–water partition coefficient (Wildman–Crippen LogP) is 3.46. The number of carbonyl (C=O) groups excluding carboxylic acids is 1. The van der Waals surface area contributed by atoms with Gasteiger partial charge in [-0.25, -0.2) is 9.31 Å². The molecule has 1 aliphatic heterocycles. The molecule has 0 radical (unpaired) electrons. The van der Waals surface area contributed by atoms with Crippen LogP contribution in [-0.4, -0.2) is 61.6 Å². The van der Waals surface area contributed by atoms with Crippen molar-refractivity contribution in [2.45, 2.75) is 20.0 Å². The number of nitrogens with zero attached hydrogens (tertiary/aromatic N) is 7. The topological polar surface area (TPSA) is 80.8 Å². The van der Waals surface area contributed by atoms with Gasteiger partial charge in [-0.2, -0.15) is 10.2 Å². The lowest BCUT2D eigenvalue weighted by Crippen LogP contribution is -2.49. The zero-order valence-electron chi connectivity index (χ0n) is 19.0. The molecule has 0 aliphatic carbocycles. The Morgan fingerprint density at radius 2 is 1.79 bits per heavy atom. The van der Waals surface area contributed by atoms with Crippen LogP contribution in [-0.2, 0) is 11.8 Å². The highest BCUT2D eigenvalue weighted by Crippen LogP contribution is 2.26. The van der Waals surface area contributed by atoms with E-state index in [2.05, 4.69) is 32.2 Å². The van der Waals surface area contributed by atoms with Gasteiger partial charge in [0.1, 0.15) is 6.10 Å². The summed E-state index contributed by atoms with van der Waals surface area (Å²) in [5, 5.41) is 8.80. The lowest BCUT2D eigenvalue weighted by atomic mass is 10.1. The van der Waals surface area contributed by atoms with E-state index in [-0.39, 0.29) is 12.2 Å². The molecule has 0 N–H and O–H groups in total. The molecular weight excluding hydrogens is 418 g/mol. The highest BCUT2D eigenvalue weighted by atomic mass is 16.6. The number of anilines is 1. The molecule has 1 atom stereocenters. The van der Waals surface area contributed by atoms with Crippen LogP contribution in [0.25, 0.3) is 16.6 Å². The van der Waals surface area contributed by atoms with Crippen molar-refractivity contribution < 1.29 is 9.53 Å². The number of piperazine rings is 1. The maximum Gasteiger partial charge on any atom is 0.410 e. The number of hydrogen-bond acceptors (Lipinski definition) is 6. The summed E-state index contributed by atoms with van der Waals surface area (Å²) in [6.45, 7) is 6.47. The molecule has 9 heteroatoms. The summed E-state index contributed by atoms with van der Waals surface area (Å²) in [7, 11) is 1.91. The minimum atomic E-state index is -0.384. The van der Waals surface area contributed by atoms with Crippen molar-refractivity contribution in [3.8, 4) is 11.1 Å². The standard InChI is InChI=1S/C24H27N7O2/c1-17-4-6-21(25-12-17)18(2)33-24(32)30-10-8-29(9-11-30)23-14-27-31-16-19(5-7-22(23)31)20-13-26-28(3)15-20/h4-7,12-16,18H,8-11H2,1-3H3/t18-/m1/s1. The Labute approximate surface area is 192 Å². The first-order chi connectivity index (χ1) is 16.0. The fourth-order valence-electron chi connectivity index (χ4n) is 4.09. The average molecular weight is 446 g/mol. The van der Waals surface area contributed by atoms with Gasteiger partial charge in [0, 0.05) is 62.9 Å². The molecule has 5 heterocycles. The molecule has 33 heavy (non-hydrogen) atoms. The van der Waals surface area contributed by atoms with Gasteiger partial charge in [0.25, 0.3) is 0 Å². The third-order valence-corrected chi connectivity index (χ3v) is 6.04. The van der Waals surface area contributed by atoms with Crippen LogP contribution in [0.2, 0.25) is 0 Å². The van der Waals surface area contributed by atoms with Crippen molar-refractivity contribution in [1.82, 2.24) is 29.3 Å². The third-order valence-electron chi connectivity index (χ3n) is 6.04. The molecule has 0 spiro atoms. The fourth-order valence-corrected chi connectivity index (χ4v) is 4.09. The molecule has 1 saturated heterocycles. The molecule has 1 amide bonds. The van der Waals surface area contributed by atoms with E-state index >= 15 is 0 Å². The molecule has 5 rings (SSSR count). The molecule has 0 bridgehead atoms. The molecule has 0 aromatic carbocycles. The second-order valence-electron chi connectivity index (χ2n) is 8.44. The van der Waals surface area contributed by atoms with Gasteiger partial charge in [-0.15, -0.1) is 0 Å². The minimum absolute atomic E-state index is 0.300. The van der Waals surface area contributed by atoms with Crippen LogP contribution < -0.4 is 4.90 Å². The first-order valence-corrected chi connectivity index (χ1v) is 11.1. The quantitative estimate of drug-likeness (QED) is 0.479. The van der Waals surface area contributed by atoms with E-state index in [4.69, 9.17) is 4.74 Å². The molecule has 4 aromatic rings. The first kappa shape index (κ1) is 21.0. The van der Waals surface area contributed by atoms with Crippen LogP contribution in [0.5, 0.6) is 0 Å². The molecule has 0 saturated carbocycles. The normalized spacial score (nSPS) is 15.1. The number of carbonyl (C=O) groups is 1. The molecular formula is C24H27N7O2. The van der Waals surface area contributed by atoms with E-state index in [1.165, 1.54) is 0 Å². The fraction of sp³-hybridized carbons (Fsp3) is 0.333. The Morgan fingerprint density at radius 1 is 0.970 bits per heavy atom. The number of ether oxygens (including phenoxy) is 1. The van der Waals surface area contributed by atoms with Crippen molar-refractivity contribution in [2.24, 2.45) is 7.05 Å². The van der Waals surface area contributed by atoms with Crippen LogP contribution in [0.3, 0.4) is 0 Å². The van der Waals surface area contributed by atoms with E-state index in [0.29, 0.717) is 13.1 Å². The number of pyridine rings is 2. The maximum absolute atomic E-state index is 12.7. The van der Waals surface area contributed by atoms with Crippen LogP contribution in [0.4, 0.5) is 10.5 Å². The van der Waals surface area contributed by atoms with E-state index < -0.39 is 0 Å². The summed E-state index contributed by atoms with van der Waals surface area (Å²) >= 11 is 0. The Kier molecular flexibility index (Phi) is 5.45. The van der Waals surface area contributed by atoms with Crippen molar-refractivity contribution in [1.29, 1.82) is 0 Å². The summed E-state index contributed by atoms with van der Waals surface area (Å²) in [6, 6.07) is 8.05. The van der Waals surface area contributed by atoms with Gasteiger partial charge in [0.15, 0.2) is 0 Å². The third kappa shape index (κ3) is 4.26. The molecule has 1 aliphatic rings. The number of aryl methyl sites for hydroxylation is 2. The number of fused-ring (bicyclic) bond motifs is 1. The number of hydrogen-bond donors (Lipinski definition) is 0. The number of aromatic nitrogens is 5. The maximum atomic E-state index is 12.7. The van der Waals surface area contributed by atoms with Crippen molar-refractivity contribution in [3.05, 3.63) is 66.5 Å².